The summed E-state index contributed by atoms with van der Waals surface area (Å²) in [6, 6.07) is 4.83. The van der Waals surface area contributed by atoms with E-state index in [9.17, 15) is 9.59 Å². The van der Waals surface area contributed by atoms with Crippen LogP contribution in [0.4, 0.5) is 0 Å². The smallest absolute Gasteiger partial charge is 0.308 e. The van der Waals surface area contributed by atoms with Gasteiger partial charge in [-0.2, -0.15) is 0 Å². The van der Waals surface area contributed by atoms with Crippen LogP contribution in [0.1, 0.15) is 36.5 Å². The van der Waals surface area contributed by atoms with E-state index in [2.05, 4.69) is 5.32 Å². The molecule has 0 radical (unpaired) electrons. The molecule has 3 saturated carbocycles. The fourth-order valence-corrected chi connectivity index (χ4v) is 4.13. The van der Waals surface area contributed by atoms with Gasteiger partial charge in [-0.3, -0.25) is 9.59 Å². The summed E-state index contributed by atoms with van der Waals surface area (Å²) >= 11 is 11.8. The largest absolute Gasteiger partial charge is 0.469 e. The van der Waals surface area contributed by atoms with Gasteiger partial charge in [-0.25, -0.2) is 0 Å². The summed E-state index contributed by atoms with van der Waals surface area (Å²) in [6.45, 7) is 1.90. The SMILES string of the molecule is COC(=O)C(C)C12CC(NC(=O)c3ccc(Cl)c(Cl)c3)(C1)C2. The minimum Gasteiger partial charge on any atom is -0.469 e. The molecule has 0 aliphatic heterocycles. The normalized spacial score (nSPS) is 29.8. The van der Waals surface area contributed by atoms with Crippen LogP contribution in [0.25, 0.3) is 0 Å². The molecule has 1 aromatic rings. The van der Waals surface area contributed by atoms with Gasteiger partial charge in [-0.1, -0.05) is 30.1 Å². The zero-order chi connectivity index (χ0) is 16.1. The van der Waals surface area contributed by atoms with Gasteiger partial charge in [0.25, 0.3) is 5.91 Å². The second kappa shape index (κ2) is 5.14. The molecule has 0 spiro atoms. The number of rotatable bonds is 4. The van der Waals surface area contributed by atoms with E-state index in [0.29, 0.717) is 15.6 Å². The maximum Gasteiger partial charge on any atom is 0.308 e. The van der Waals surface area contributed by atoms with E-state index < -0.39 is 0 Å². The highest BCUT2D eigenvalue weighted by atomic mass is 35.5. The first-order chi connectivity index (χ1) is 10.3. The Kier molecular flexibility index (Phi) is 3.65. The molecule has 1 N–H and O–H groups in total. The fourth-order valence-electron chi connectivity index (χ4n) is 3.84. The van der Waals surface area contributed by atoms with Crippen LogP contribution in [-0.4, -0.2) is 24.5 Å². The summed E-state index contributed by atoms with van der Waals surface area (Å²) in [4.78, 5) is 24.0. The first-order valence-corrected chi connectivity index (χ1v) is 7.92. The molecule has 118 valence electrons. The molecule has 2 bridgehead atoms. The lowest BCUT2D eigenvalue weighted by molar-refractivity contribution is -0.197. The van der Waals surface area contributed by atoms with Crippen molar-refractivity contribution in [2.24, 2.45) is 11.3 Å². The van der Waals surface area contributed by atoms with Crippen molar-refractivity contribution in [2.45, 2.75) is 31.7 Å². The number of carbonyl (C=O) groups excluding carboxylic acids is 2. The Morgan fingerprint density at radius 1 is 1.23 bits per heavy atom. The number of hydrogen-bond donors (Lipinski definition) is 1. The Labute approximate surface area is 139 Å². The van der Waals surface area contributed by atoms with Gasteiger partial charge in [0.2, 0.25) is 0 Å². The zero-order valence-electron chi connectivity index (χ0n) is 12.4. The Hall–Kier alpha value is -1.26. The Morgan fingerprint density at radius 2 is 1.86 bits per heavy atom. The van der Waals surface area contributed by atoms with Gasteiger partial charge in [0.15, 0.2) is 0 Å². The van der Waals surface area contributed by atoms with Gasteiger partial charge in [0, 0.05) is 11.1 Å². The Morgan fingerprint density at radius 3 is 2.41 bits per heavy atom. The van der Waals surface area contributed by atoms with Crippen LogP contribution in [0.3, 0.4) is 0 Å². The van der Waals surface area contributed by atoms with Gasteiger partial charge in [0.1, 0.15) is 0 Å². The van der Waals surface area contributed by atoms with Crippen molar-refractivity contribution in [2.75, 3.05) is 7.11 Å². The average Bonchev–Trinajstić information content (AvgIpc) is 2.42. The van der Waals surface area contributed by atoms with Crippen molar-refractivity contribution < 1.29 is 14.3 Å². The van der Waals surface area contributed by atoms with Crippen LogP contribution in [0, 0.1) is 11.3 Å². The monoisotopic (exact) mass is 341 g/mol. The highest BCUT2D eigenvalue weighted by molar-refractivity contribution is 6.42. The lowest BCUT2D eigenvalue weighted by Crippen LogP contribution is -2.77. The predicted octanol–water partition coefficient (Wildman–Crippen LogP) is 3.46. The molecule has 1 unspecified atom stereocenters. The summed E-state index contributed by atoms with van der Waals surface area (Å²) in [6.07, 6.45) is 2.47. The molecule has 3 fully saturated rings. The molecule has 3 aliphatic rings. The van der Waals surface area contributed by atoms with E-state index in [1.54, 1.807) is 18.2 Å². The number of benzene rings is 1. The van der Waals surface area contributed by atoms with Crippen molar-refractivity contribution in [3.05, 3.63) is 33.8 Å². The lowest BCUT2D eigenvalue weighted by atomic mass is 9.36. The van der Waals surface area contributed by atoms with Crippen LogP contribution < -0.4 is 5.32 Å². The number of methoxy groups -OCH3 is 1. The number of hydrogen-bond acceptors (Lipinski definition) is 3. The minimum absolute atomic E-state index is 0.00197. The van der Waals surface area contributed by atoms with Crippen molar-refractivity contribution in [3.63, 3.8) is 0 Å². The third kappa shape index (κ3) is 2.29. The van der Waals surface area contributed by atoms with E-state index in [4.69, 9.17) is 27.9 Å². The average molecular weight is 342 g/mol. The standard InChI is InChI=1S/C16H17Cl2NO3/c1-9(14(21)22-2)15-6-16(7-15,8-15)19-13(20)10-3-4-11(17)12(18)5-10/h3-5,9H,6-8H2,1-2H3,(H,19,20). The van der Waals surface area contributed by atoms with E-state index >= 15 is 0 Å². The fraction of sp³-hybridized carbons (Fsp3) is 0.500. The first-order valence-electron chi connectivity index (χ1n) is 7.16. The predicted molar refractivity (Wildman–Crippen MR) is 84.1 cm³/mol. The summed E-state index contributed by atoms with van der Waals surface area (Å²) < 4.78 is 4.81. The second-order valence-corrected chi connectivity index (χ2v) is 7.32. The molecule has 0 heterocycles. The van der Waals surface area contributed by atoms with Gasteiger partial charge < -0.3 is 10.1 Å². The highest BCUT2D eigenvalue weighted by Gasteiger charge is 2.71. The van der Waals surface area contributed by atoms with E-state index in [1.165, 1.54) is 7.11 Å². The Bertz CT molecular complexity index is 639. The van der Waals surface area contributed by atoms with E-state index in [0.717, 1.165) is 19.3 Å². The molecule has 4 rings (SSSR count). The van der Waals surface area contributed by atoms with Gasteiger partial charge in [-0.15, -0.1) is 0 Å². The van der Waals surface area contributed by atoms with Crippen LogP contribution in [0.15, 0.2) is 18.2 Å². The number of halogens is 2. The molecule has 4 nitrogen and oxygen atoms in total. The second-order valence-electron chi connectivity index (χ2n) is 6.50. The molecule has 0 aromatic heterocycles. The maximum atomic E-state index is 12.3. The number of carbonyl (C=O) groups is 2. The third-order valence-corrected chi connectivity index (χ3v) is 5.84. The number of amides is 1. The van der Waals surface area contributed by atoms with E-state index in [-0.39, 0.29) is 28.7 Å². The summed E-state index contributed by atoms with van der Waals surface area (Å²) in [7, 11) is 1.41. The van der Waals surface area contributed by atoms with Crippen molar-refractivity contribution in [1.82, 2.24) is 5.32 Å². The molecule has 6 heteroatoms. The quantitative estimate of drug-likeness (QED) is 0.853. The first kappa shape index (κ1) is 15.6. The highest BCUT2D eigenvalue weighted by Crippen LogP contribution is 2.70. The number of nitrogens with one attached hydrogen (secondary N) is 1. The minimum atomic E-state index is -0.177. The molecule has 1 amide bonds. The topological polar surface area (TPSA) is 55.4 Å². The molecule has 1 aromatic carbocycles. The maximum absolute atomic E-state index is 12.3. The third-order valence-electron chi connectivity index (χ3n) is 5.11. The molecule has 22 heavy (non-hydrogen) atoms. The molecule has 3 aliphatic carbocycles. The van der Waals surface area contributed by atoms with Crippen molar-refractivity contribution >= 4 is 35.1 Å². The van der Waals surface area contributed by atoms with Gasteiger partial charge >= 0.3 is 5.97 Å². The number of ether oxygens (including phenoxy) is 1. The Balaban J connectivity index is 1.62. The molecular weight excluding hydrogens is 325 g/mol. The van der Waals surface area contributed by atoms with Crippen molar-refractivity contribution in [3.8, 4) is 0 Å². The molecule has 0 saturated heterocycles. The van der Waals surface area contributed by atoms with Crippen molar-refractivity contribution in [1.29, 1.82) is 0 Å². The summed E-state index contributed by atoms with van der Waals surface area (Å²) in [5, 5.41) is 3.85. The lowest BCUT2D eigenvalue weighted by Gasteiger charge is -2.72. The summed E-state index contributed by atoms with van der Waals surface area (Å²) in [5.74, 6) is -0.456. The van der Waals surface area contributed by atoms with E-state index in [1.807, 2.05) is 6.92 Å². The van der Waals surface area contributed by atoms with Crippen LogP contribution in [-0.2, 0) is 9.53 Å². The van der Waals surface area contributed by atoms with Gasteiger partial charge in [0.05, 0.1) is 23.1 Å². The van der Waals surface area contributed by atoms with Crippen LogP contribution in [0.2, 0.25) is 10.0 Å². The van der Waals surface area contributed by atoms with Crippen LogP contribution in [0.5, 0.6) is 0 Å². The summed E-state index contributed by atoms with van der Waals surface area (Å²) in [5.41, 5.74) is 0.318. The van der Waals surface area contributed by atoms with Gasteiger partial charge in [-0.05, 0) is 42.9 Å². The van der Waals surface area contributed by atoms with Crippen LogP contribution >= 0.6 is 23.2 Å². The number of esters is 1. The molecular formula is C16H17Cl2NO3. The molecule has 1 atom stereocenters. The zero-order valence-corrected chi connectivity index (χ0v) is 13.9.